The van der Waals surface area contributed by atoms with Gasteiger partial charge in [0.25, 0.3) is 0 Å². The molecule has 6 nitrogen and oxygen atoms in total. The van der Waals surface area contributed by atoms with E-state index in [1.807, 2.05) is 36.4 Å². The van der Waals surface area contributed by atoms with Gasteiger partial charge in [-0.25, -0.2) is 4.39 Å². The molecule has 0 bridgehead atoms. The van der Waals surface area contributed by atoms with Gasteiger partial charge in [-0.2, -0.15) is 0 Å². The highest BCUT2D eigenvalue weighted by Crippen LogP contribution is 2.36. The van der Waals surface area contributed by atoms with Crippen molar-refractivity contribution in [3.63, 3.8) is 0 Å². The van der Waals surface area contributed by atoms with Crippen LogP contribution in [0.15, 0.2) is 65.2 Å². The molecule has 172 valence electrons. The fourth-order valence-corrected chi connectivity index (χ4v) is 4.60. The van der Waals surface area contributed by atoms with Crippen LogP contribution >= 0.6 is 0 Å². The minimum atomic E-state index is -0.819. The van der Waals surface area contributed by atoms with E-state index < -0.39 is 11.2 Å². The number of piperidine rings is 1. The normalized spacial score (nSPS) is 18.2. The molecule has 1 unspecified atom stereocenters. The fraction of sp³-hybridized carbons (Fsp3) is 0.346. The van der Waals surface area contributed by atoms with Crippen molar-refractivity contribution in [3.05, 3.63) is 77.8 Å². The van der Waals surface area contributed by atoms with Gasteiger partial charge in [0, 0.05) is 45.2 Å². The summed E-state index contributed by atoms with van der Waals surface area (Å²) in [5.74, 6) is -0.0251. The van der Waals surface area contributed by atoms with E-state index in [0.29, 0.717) is 42.8 Å². The lowest BCUT2D eigenvalue weighted by atomic mass is 9.75. The predicted molar refractivity (Wildman–Crippen MR) is 123 cm³/mol. The molecule has 1 atom stereocenters. The van der Waals surface area contributed by atoms with Gasteiger partial charge in [-0.05, 0) is 24.5 Å². The Hall–Kier alpha value is -3.48. The van der Waals surface area contributed by atoms with E-state index in [1.165, 1.54) is 6.07 Å². The Morgan fingerprint density at radius 3 is 2.58 bits per heavy atom. The van der Waals surface area contributed by atoms with Crippen LogP contribution in [-0.4, -0.2) is 54.0 Å². The number of benzene rings is 2. The van der Waals surface area contributed by atoms with Crippen LogP contribution < -0.4 is 0 Å². The van der Waals surface area contributed by atoms with E-state index in [-0.39, 0.29) is 24.8 Å². The van der Waals surface area contributed by atoms with Gasteiger partial charge < -0.3 is 14.3 Å². The second-order valence-corrected chi connectivity index (χ2v) is 8.89. The van der Waals surface area contributed by atoms with Gasteiger partial charge in [0.1, 0.15) is 17.3 Å². The van der Waals surface area contributed by atoms with Gasteiger partial charge in [-0.15, -0.1) is 0 Å². The maximum atomic E-state index is 14.1. The highest BCUT2D eigenvalue weighted by atomic mass is 19.1. The molecule has 2 aromatic carbocycles. The molecule has 33 heavy (non-hydrogen) atoms. The highest BCUT2D eigenvalue weighted by Gasteiger charge is 2.45. The summed E-state index contributed by atoms with van der Waals surface area (Å²) in [6.07, 6.45) is 1.63. The van der Waals surface area contributed by atoms with Crippen LogP contribution in [0.5, 0.6) is 0 Å². The van der Waals surface area contributed by atoms with Crippen LogP contribution in [0.3, 0.4) is 0 Å². The number of likely N-dealkylation sites (tertiary alicyclic amines) is 1. The summed E-state index contributed by atoms with van der Waals surface area (Å²) in [5, 5.41) is 4.18. The van der Waals surface area contributed by atoms with Crippen molar-refractivity contribution in [1.82, 2.24) is 15.0 Å². The smallest absolute Gasteiger partial charge is 0.230 e. The van der Waals surface area contributed by atoms with Crippen molar-refractivity contribution in [1.29, 1.82) is 0 Å². The standard InChI is InChI=1S/C26H28FN3O3/c1-29(2)25(32)26(17-21-16-23(28-33-21)19-9-4-3-5-10-19)13-8-14-30(18-26)24(31)15-20-11-6-7-12-22(20)27/h3-7,9-12,16H,8,13-15,17-18H2,1-2H3. The molecule has 7 heteroatoms. The molecule has 1 aliphatic rings. The minimum absolute atomic E-state index is 0.0284. The van der Waals surface area contributed by atoms with Crippen molar-refractivity contribution in [3.8, 4) is 11.3 Å². The van der Waals surface area contributed by atoms with Gasteiger partial charge >= 0.3 is 0 Å². The Labute approximate surface area is 193 Å². The summed E-state index contributed by atoms with van der Waals surface area (Å²) in [6, 6.07) is 17.9. The number of hydrogen-bond acceptors (Lipinski definition) is 4. The summed E-state index contributed by atoms with van der Waals surface area (Å²) in [6.45, 7) is 0.806. The van der Waals surface area contributed by atoms with Crippen molar-refractivity contribution in [2.75, 3.05) is 27.2 Å². The molecular weight excluding hydrogens is 421 g/mol. The van der Waals surface area contributed by atoms with Crippen molar-refractivity contribution in [2.45, 2.75) is 25.7 Å². The van der Waals surface area contributed by atoms with Crippen LogP contribution in [0, 0.1) is 11.2 Å². The molecule has 1 fully saturated rings. The Morgan fingerprint density at radius 2 is 1.85 bits per heavy atom. The van der Waals surface area contributed by atoms with E-state index in [4.69, 9.17) is 4.52 Å². The lowest BCUT2D eigenvalue weighted by molar-refractivity contribution is -0.147. The van der Waals surface area contributed by atoms with Gasteiger partial charge in [0.15, 0.2) is 0 Å². The fourth-order valence-electron chi connectivity index (χ4n) is 4.60. The molecule has 1 aliphatic heterocycles. The maximum Gasteiger partial charge on any atom is 0.230 e. The average molecular weight is 450 g/mol. The second-order valence-electron chi connectivity index (χ2n) is 8.89. The first kappa shape index (κ1) is 22.7. The molecule has 0 N–H and O–H groups in total. The van der Waals surface area contributed by atoms with Gasteiger partial charge in [0.2, 0.25) is 11.8 Å². The molecule has 0 saturated carbocycles. The van der Waals surface area contributed by atoms with Crippen molar-refractivity contribution >= 4 is 11.8 Å². The SMILES string of the molecule is CN(C)C(=O)C1(Cc2cc(-c3ccccc3)no2)CCCN(C(=O)Cc2ccccc2F)C1. The zero-order valence-corrected chi connectivity index (χ0v) is 19.0. The monoisotopic (exact) mass is 449 g/mol. The average Bonchev–Trinajstić information content (AvgIpc) is 3.29. The molecule has 1 saturated heterocycles. The number of carbonyl (C=O) groups is 2. The van der Waals surface area contributed by atoms with E-state index in [2.05, 4.69) is 5.16 Å². The number of aromatic nitrogens is 1. The molecule has 1 aromatic heterocycles. The zero-order chi connectivity index (χ0) is 23.4. The third-order valence-electron chi connectivity index (χ3n) is 6.23. The Morgan fingerprint density at radius 1 is 1.12 bits per heavy atom. The number of halogens is 1. The number of amides is 2. The van der Waals surface area contributed by atoms with Gasteiger partial charge in [0.05, 0.1) is 11.8 Å². The van der Waals surface area contributed by atoms with E-state index in [9.17, 15) is 14.0 Å². The largest absolute Gasteiger partial charge is 0.361 e. The van der Waals surface area contributed by atoms with E-state index in [1.54, 1.807) is 42.1 Å². The Balaban J connectivity index is 1.56. The van der Waals surface area contributed by atoms with Crippen LogP contribution in [-0.2, 0) is 22.4 Å². The number of carbonyl (C=O) groups excluding carboxylic acids is 2. The van der Waals surface area contributed by atoms with Crippen LogP contribution in [0.1, 0.15) is 24.2 Å². The summed E-state index contributed by atoms with van der Waals surface area (Å²) < 4.78 is 19.7. The summed E-state index contributed by atoms with van der Waals surface area (Å²) >= 11 is 0. The second kappa shape index (κ2) is 9.57. The third kappa shape index (κ3) is 4.97. The van der Waals surface area contributed by atoms with Crippen LogP contribution in [0.2, 0.25) is 0 Å². The lowest BCUT2D eigenvalue weighted by Gasteiger charge is -2.42. The minimum Gasteiger partial charge on any atom is -0.361 e. The van der Waals surface area contributed by atoms with E-state index >= 15 is 0 Å². The van der Waals surface area contributed by atoms with Crippen LogP contribution in [0.4, 0.5) is 4.39 Å². The molecule has 2 heterocycles. The highest BCUT2D eigenvalue weighted by molar-refractivity contribution is 5.85. The Kier molecular flexibility index (Phi) is 6.58. The molecular formula is C26H28FN3O3. The molecule has 2 amide bonds. The maximum absolute atomic E-state index is 14.1. The first-order valence-electron chi connectivity index (χ1n) is 11.1. The number of rotatable bonds is 6. The predicted octanol–water partition coefficient (Wildman–Crippen LogP) is 3.96. The number of nitrogens with zero attached hydrogens (tertiary/aromatic N) is 3. The Bertz CT molecular complexity index is 1130. The van der Waals surface area contributed by atoms with E-state index in [0.717, 1.165) is 5.56 Å². The third-order valence-corrected chi connectivity index (χ3v) is 6.23. The molecule has 3 aromatic rings. The molecule has 0 spiro atoms. The molecule has 4 rings (SSSR count). The quantitative estimate of drug-likeness (QED) is 0.571. The number of hydrogen-bond donors (Lipinski definition) is 0. The lowest BCUT2D eigenvalue weighted by Crippen LogP contribution is -2.54. The summed E-state index contributed by atoms with van der Waals surface area (Å²) in [4.78, 5) is 29.6. The van der Waals surface area contributed by atoms with Gasteiger partial charge in [-0.3, -0.25) is 9.59 Å². The van der Waals surface area contributed by atoms with Crippen molar-refractivity contribution in [2.24, 2.45) is 5.41 Å². The zero-order valence-electron chi connectivity index (χ0n) is 19.0. The molecule has 0 radical (unpaired) electrons. The first-order valence-corrected chi connectivity index (χ1v) is 11.1. The molecule has 0 aliphatic carbocycles. The van der Waals surface area contributed by atoms with Crippen molar-refractivity contribution < 1.29 is 18.5 Å². The van der Waals surface area contributed by atoms with Gasteiger partial charge in [-0.1, -0.05) is 53.7 Å². The summed E-state index contributed by atoms with van der Waals surface area (Å²) in [5.41, 5.74) is 1.19. The summed E-state index contributed by atoms with van der Waals surface area (Å²) in [7, 11) is 3.44. The van der Waals surface area contributed by atoms with Crippen LogP contribution in [0.25, 0.3) is 11.3 Å². The topological polar surface area (TPSA) is 66.7 Å². The first-order chi connectivity index (χ1) is 15.9.